The van der Waals surface area contributed by atoms with Gasteiger partial charge in [-0.25, -0.2) is 0 Å². The van der Waals surface area contributed by atoms with Crippen molar-refractivity contribution in [2.24, 2.45) is 4.99 Å². The van der Waals surface area contributed by atoms with E-state index in [0.717, 1.165) is 18.0 Å². The molecule has 1 aliphatic heterocycles. The minimum Gasteiger partial charge on any atom is -0.508 e. The van der Waals surface area contributed by atoms with E-state index in [-0.39, 0.29) is 18.1 Å². The van der Waals surface area contributed by atoms with Gasteiger partial charge < -0.3 is 10.4 Å². The fourth-order valence-electron chi connectivity index (χ4n) is 2.18. The van der Waals surface area contributed by atoms with E-state index in [4.69, 9.17) is 0 Å². The smallest absolute Gasteiger partial charge is 0.215 e. The zero-order valence-electron chi connectivity index (χ0n) is 12.7. The molecule has 0 unspecified atom stereocenters. The molecule has 0 aliphatic carbocycles. The topological polar surface area (TPSA) is 90.7 Å². The number of benzene rings is 1. The number of phenolic OH excluding ortho intramolecular Hbond substituents is 1. The van der Waals surface area contributed by atoms with E-state index in [2.05, 4.69) is 20.5 Å². The van der Waals surface area contributed by atoms with E-state index in [0.29, 0.717) is 23.2 Å². The number of nitrogens with one attached hydrogen (secondary N) is 1. The normalized spacial score (nSPS) is 13.5. The van der Waals surface area contributed by atoms with Crippen LogP contribution in [0.5, 0.6) is 5.75 Å². The molecule has 0 amide bonds. The predicted octanol–water partition coefficient (Wildman–Crippen LogP) is 1.45. The van der Waals surface area contributed by atoms with E-state index in [9.17, 15) is 9.90 Å². The highest BCUT2D eigenvalue weighted by molar-refractivity contribution is 7.15. The highest BCUT2D eigenvalue weighted by Crippen LogP contribution is 2.22. The number of anilines is 1. The van der Waals surface area contributed by atoms with Crippen LogP contribution in [0.1, 0.15) is 22.3 Å². The second-order valence-electron chi connectivity index (χ2n) is 5.02. The van der Waals surface area contributed by atoms with Crippen LogP contribution in [0.3, 0.4) is 0 Å². The van der Waals surface area contributed by atoms with Crippen LogP contribution in [0.2, 0.25) is 0 Å². The number of carbonyl (C=O) groups is 1. The number of hydrogen-bond acceptors (Lipinski definition) is 8. The van der Waals surface area contributed by atoms with Crippen molar-refractivity contribution in [1.82, 2.24) is 15.5 Å². The zero-order chi connectivity index (χ0) is 16.2. The van der Waals surface area contributed by atoms with Gasteiger partial charge in [0.1, 0.15) is 10.8 Å². The molecule has 2 heterocycles. The first kappa shape index (κ1) is 15.4. The summed E-state index contributed by atoms with van der Waals surface area (Å²) in [5, 5.41) is 22.4. The van der Waals surface area contributed by atoms with E-state index in [1.165, 1.54) is 23.5 Å². The number of aryl methyl sites for hydroxylation is 1. The highest BCUT2D eigenvalue weighted by atomic mass is 32.1. The molecule has 0 saturated carbocycles. The molecule has 2 N–H and O–H groups in total. The summed E-state index contributed by atoms with van der Waals surface area (Å²) in [5.74, 6) is 0.711. The van der Waals surface area contributed by atoms with Gasteiger partial charge in [0.25, 0.3) is 0 Å². The Morgan fingerprint density at radius 1 is 1.35 bits per heavy atom. The molecular weight excluding hydrogens is 314 g/mol. The Labute approximate surface area is 137 Å². The molecule has 0 saturated heterocycles. The Kier molecular flexibility index (Phi) is 4.52. The average Bonchev–Trinajstić information content (AvgIpc) is 3.24. The van der Waals surface area contributed by atoms with Crippen molar-refractivity contribution in [2.75, 3.05) is 24.5 Å². The summed E-state index contributed by atoms with van der Waals surface area (Å²) in [6, 6.07) is 6.22. The van der Waals surface area contributed by atoms with E-state index in [1.54, 1.807) is 17.0 Å². The number of aliphatic imine (C=N–C) groups is 1. The van der Waals surface area contributed by atoms with E-state index >= 15 is 0 Å². The van der Waals surface area contributed by atoms with Crippen molar-refractivity contribution < 1.29 is 9.90 Å². The Morgan fingerprint density at radius 3 is 2.74 bits per heavy atom. The Bertz CT molecular complexity index is 726. The number of guanidine groups is 1. The molecule has 1 aliphatic rings. The molecular formula is C15H17N5O2S. The molecule has 1 aromatic heterocycles. The lowest BCUT2D eigenvalue weighted by Gasteiger charge is -2.20. The summed E-state index contributed by atoms with van der Waals surface area (Å²) < 4.78 is 0. The Balaban J connectivity index is 1.83. The maximum Gasteiger partial charge on any atom is 0.215 e. The van der Waals surface area contributed by atoms with Gasteiger partial charge in [-0.05, 0) is 30.7 Å². The predicted molar refractivity (Wildman–Crippen MR) is 89.4 cm³/mol. The number of aromatic hydroxyl groups is 1. The average molecular weight is 331 g/mol. The van der Waals surface area contributed by atoms with Crippen molar-refractivity contribution in [3.8, 4) is 5.75 Å². The maximum absolute atomic E-state index is 12.5. The lowest BCUT2D eigenvalue weighted by molar-refractivity contribution is 0.100. The monoisotopic (exact) mass is 331 g/mol. The zero-order valence-corrected chi connectivity index (χ0v) is 13.5. The quantitative estimate of drug-likeness (QED) is 0.806. The summed E-state index contributed by atoms with van der Waals surface area (Å²) in [5.41, 5.74) is 0.534. The molecule has 2 aromatic rings. The minimum absolute atomic E-state index is 0.0744. The van der Waals surface area contributed by atoms with Gasteiger partial charge in [0.2, 0.25) is 11.1 Å². The number of hydrogen-bond donors (Lipinski definition) is 2. The van der Waals surface area contributed by atoms with Gasteiger partial charge in [0.05, 0.1) is 13.1 Å². The van der Waals surface area contributed by atoms with Crippen LogP contribution < -0.4 is 10.2 Å². The van der Waals surface area contributed by atoms with Gasteiger partial charge in [-0.1, -0.05) is 18.3 Å². The second kappa shape index (κ2) is 6.74. The SMILES string of the molecule is CCc1nnc(N(CC(=O)c2ccc(O)cc2)C2=NCCN2)s1. The van der Waals surface area contributed by atoms with Crippen LogP contribution in [0.25, 0.3) is 0 Å². The molecule has 3 rings (SSSR count). The molecule has 7 nitrogen and oxygen atoms in total. The second-order valence-corrected chi connectivity index (χ2v) is 6.06. The summed E-state index contributed by atoms with van der Waals surface area (Å²) in [7, 11) is 0. The third-order valence-corrected chi connectivity index (χ3v) is 4.48. The number of nitrogens with zero attached hydrogens (tertiary/aromatic N) is 4. The van der Waals surface area contributed by atoms with Crippen molar-refractivity contribution in [3.63, 3.8) is 0 Å². The summed E-state index contributed by atoms with van der Waals surface area (Å²) in [4.78, 5) is 18.7. The molecule has 0 fully saturated rings. The standard InChI is InChI=1S/C15H17N5O2S/c1-2-13-18-19-15(23-13)20(14-16-7-8-17-14)9-12(22)10-3-5-11(21)6-4-10/h3-6,21H,2,7-9H2,1H3,(H,16,17). The lowest BCUT2D eigenvalue weighted by atomic mass is 10.1. The number of ketones is 1. The summed E-state index contributed by atoms with van der Waals surface area (Å²) in [6.07, 6.45) is 0.803. The van der Waals surface area contributed by atoms with E-state index in [1.807, 2.05) is 6.92 Å². The fraction of sp³-hybridized carbons (Fsp3) is 0.333. The van der Waals surface area contributed by atoms with Crippen LogP contribution in [-0.4, -0.2) is 46.7 Å². The molecule has 23 heavy (non-hydrogen) atoms. The lowest BCUT2D eigenvalue weighted by Crippen LogP contribution is -2.42. The minimum atomic E-state index is -0.0744. The molecule has 0 spiro atoms. The van der Waals surface area contributed by atoms with Crippen LogP contribution in [0.15, 0.2) is 29.3 Å². The third kappa shape index (κ3) is 3.48. The van der Waals surface area contributed by atoms with Crippen LogP contribution in [-0.2, 0) is 6.42 Å². The van der Waals surface area contributed by atoms with Gasteiger partial charge in [0.15, 0.2) is 5.78 Å². The first-order valence-electron chi connectivity index (χ1n) is 7.38. The van der Waals surface area contributed by atoms with Gasteiger partial charge in [0, 0.05) is 12.1 Å². The van der Waals surface area contributed by atoms with Crippen molar-refractivity contribution in [2.45, 2.75) is 13.3 Å². The first-order chi connectivity index (χ1) is 11.2. The largest absolute Gasteiger partial charge is 0.508 e. The molecule has 0 radical (unpaired) electrons. The van der Waals surface area contributed by atoms with Gasteiger partial charge in [-0.3, -0.25) is 14.7 Å². The fourth-order valence-corrected chi connectivity index (χ4v) is 2.96. The summed E-state index contributed by atoms with van der Waals surface area (Å²) >= 11 is 1.46. The highest BCUT2D eigenvalue weighted by Gasteiger charge is 2.23. The third-order valence-electron chi connectivity index (χ3n) is 3.39. The Morgan fingerprint density at radius 2 is 2.13 bits per heavy atom. The van der Waals surface area contributed by atoms with Gasteiger partial charge in [-0.15, -0.1) is 10.2 Å². The van der Waals surface area contributed by atoms with Crippen LogP contribution in [0.4, 0.5) is 5.13 Å². The van der Waals surface area contributed by atoms with Crippen molar-refractivity contribution in [3.05, 3.63) is 34.8 Å². The van der Waals surface area contributed by atoms with E-state index < -0.39 is 0 Å². The van der Waals surface area contributed by atoms with Crippen molar-refractivity contribution in [1.29, 1.82) is 0 Å². The number of carbonyl (C=O) groups excluding carboxylic acids is 1. The summed E-state index contributed by atoms with van der Waals surface area (Å²) in [6.45, 7) is 3.56. The first-order valence-corrected chi connectivity index (χ1v) is 8.19. The molecule has 0 bridgehead atoms. The number of rotatable bonds is 5. The van der Waals surface area contributed by atoms with Gasteiger partial charge >= 0.3 is 0 Å². The Hall–Kier alpha value is -2.48. The number of Topliss-reactive ketones (excluding diaryl/α,β-unsaturated/α-hetero) is 1. The molecule has 0 atom stereocenters. The van der Waals surface area contributed by atoms with Crippen LogP contribution >= 0.6 is 11.3 Å². The molecule has 1 aromatic carbocycles. The number of phenols is 1. The van der Waals surface area contributed by atoms with Crippen molar-refractivity contribution >= 4 is 28.2 Å². The number of aromatic nitrogens is 2. The van der Waals surface area contributed by atoms with Gasteiger partial charge in [-0.2, -0.15) is 0 Å². The molecule has 8 heteroatoms. The van der Waals surface area contributed by atoms with Crippen LogP contribution in [0, 0.1) is 0 Å². The molecule has 120 valence electrons. The maximum atomic E-state index is 12.5.